The van der Waals surface area contributed by atoms with Crippen LogP contribution in [0.4, 0.5) is 0 Å². The van der Waals surface area contributed by atoms with Crippen LogP contribution in [0.25, 0.3) is 0 Å². The lowest BCUT2D eigenvalue weighted by Gasteiger charge is -2.32. The lowest BCUT2D eigenvalue weighted by atomic mass is 9.77. The zero-order valence-electron chi connectivity index (χ0n) is 9.21. The van der Waals surface area contributed by atoms with Gasteiger partial charge in [0.05, 0.1) is 6.61 Å². The Kier molecular flexibility index (Phi) is 2.68. The molecule has 0 amide bonds. The second-order valence-corrected chi connectivity index (χ2v) is 5.71. The first kappa shape index (κ1) is 10.6. The number of rotatable bonds is 2. The fraction of sp³-hybridized carbons (Fsp3) is 0.538. The van der Waals surface area contributed by atoms with Gasteiger partial charge in [0, 0.05) is 22.5 Å². The third-order valence-electron chi connectivity index (χ3n) is 3.79. The molecule has 2 aliphatic rings. The van der Waals surface area contributed by atoms with Gasteiger partial charge in [0.2, 0.25) is 0 Å². The van der Waals surface area contributed by atoms with E-state index in [0.29, 0.717) is 5.92 Å². The molecule has 1 unspecified atom stereocenters. The van der Waals surface area contributed by atoms with Crippen molar-refractivity contribution in [3.8, 4) is 5.75 Å². The van der Waals surface area contributed by atoms with Crippen LogP contribution >= 0.6 is 15.9 Å². The van der Waals surface area contributed by atoms with Crippen molar-refractivity contribution in [2.45, 2.75) is 31.7 Å². The zero-order chi connectivity index (χ0) is 11.1. The van der Waals surface area contributed by atoms with Crippen LogP contribution in [-0.2, 0) is 6.42 Å². The third kappa shape index (κ3) is 1.66. The Labute approximate surface area is 104 Å². The monoisotopic (exact) mass is 281 g/mol. The van der Waals surface area contributed by atoms with Gasteiger partial charge in [-0.1, -0.05) is 22.4 Å². The van der Waals surface area contributed by atoms with Crippen molar-refractivity contribution in [1.82, 2.24) is 0 Å². The summed E-state index contributed by atoms with van der Waals surface area (Å²) in [5.74, 6) is 1.71. The number of hydrogen-bond donors (Lipinski definition) is 1. The maximum Gasteiger partial charge on any atom is 0.127 e. The van der Waals surface area contributed by atoms with Crippen LogP contribution in [0, 0.1) is 5.92 Å². The molecular formula is C13H16BrNO. The third-order valence-corrected chi connectivity index (χ3v) is 4.25. The van der Waals surface area contributed by atoms with Gasteiger partial charge in [-0.25, -0.2) is 0 Å². The minimum absolute atomic E-state index is 0.151. The summed E-state index contributed by atoms with van der Waals surface area (Å²) in [6.07, 6.45) is 4.87. The van der Waals surface area contributed by atoms with Crippen LogP contribution < -0.4 is 10.5 Å². The van der Waals surface area contributed by atoms with Crippen LogP contribution in [0.1, 0.15) is 36.4 Å². The number of hydrogen-bond acceptors (Lipinski definition) is 2. The molecule has 1 aromatic rings. The number of ether oxygens (including phenoxy) is 1. The maximum atomic E-state index is 6.34. The first-order chi connectivity index (χ1) is 7.75. The van der Waals surface area contributed by atoms with Crippen molar-refractivity contribution in [2.24, 2.45) is 11.7 Å². The Morgan fingerprint density at radius 3 is 2.88 bits per heavy atom. The van der Waals surface area contributed by atoms with Crippen molar-refractivity contribution in [3.05, 3.63) is 27.7 Å². The van der Waals surface area contributed by atoms with Gasteiger partial charge in [0.1, 0.15) is 5.75 Å². The Morgan fingerprint density at radius 2 is 2.19 bits per heavy atom. The molecule has 1 saturated carbocycles. The lowest BCUT2D eigenvalue weighted by Crippen LogP contribution is -2.27. The molecule has 2 N–H and O–H groups in total. The quantitative estimate of drug-likeness (QED) is 0.904. The van der Waals surface area contributed by atoms with Crippen molar-refractivity contribution >= 4 is 15.9 Å². The highest BCUT2D eigenvalue weighted by atomic mass is 79.9. The Morgan fingerprint density at radius 1 is 1.38 bits per heavy atom. The summed E-state index contributed by atoms with van der Waals surface area (Å²) in [5, 5.41) is 0. The molecule has 1 fully saturated rings. The molecule has 1 heterocycles. The van der Waals surface area contributed by atoms with Crippen LogP contribution in [0.15, 0.2) is 16.6 Å². The van der Waals surface area contributed by atoms with E-state index in [1.54, 1.807) is 0 Å². The lowest BCUT2D eigenvalue weighted by molar-refractivity contribution is 0.258. The van der Waals surface area contributed by atoms with Gasteiger partial charge < -0.3 is 10.5 Å². The van der Waals surface area contributed by atoms with Gasteiger partial charge in [0.25, 0.3) is 0 Å². The topological polar surface area (TPSA) is 35.2 Å². The molecule has 3 heteroatoms. The fourth-order valence-electron chi connectivity index (χ4n) is 2.60. The Hall–Kier alpha value is -0.540. The molecule has 0 bridgehead atoms. The number of nitrogens with two attached hydrogens (primary N) is 1. The van der Waals surface area contributed by atoms with E-state index in [0.717, 1.165) is 23.2 Å². The molecule has 0 radical (unpaired) electrons. The molecule has 3 rings (SSSR count). The normalized spacial score (nSPS) is 21.1. The van der Waals surface area contributed by atoms with Gasteiger partial charge in [-0.2, -0.15) is 0 Å². The van der Waals surface area contributed by atoms with Gasteiger partial charge in [-0.3, -0.25) is 0 Å². The number of halogens is 1. The molecule has 0 spiro atoms. The van der Waals surface area contributed by atoms with E-state index in [4.69, 9.17) is 10.5 Å². The predicted molar refractivity (Wildman–Crippen MR) is 67.6 cm³/mol. The van der Waals surface area contributed by atoms with Crippen LogP contribution in [0.3, 0.4) is 0 Å². The van der Waals surface area contributed by atoms with E-state index >= 15 is 0 Å². The van der Waals surface area contributed by atoms with Gasteiger partial charge in [-0.15, -0.1) is 0 Å². The Balaban J connectivity index is 1.99. The molecule has 0 saturated heterocycles. The van der Waals surface area contributed by atoms with E-state index in [2.05, 4.69) is 28.1 Å². The summed E-state index contributed by atoms with van der Waals surface area (Å²) in [4.78, 5) is 0. The molecule has 1 aliphatic heterocycles. The first-order valence-corrected chi connectivity index (χ1v) is 6.75. The summed E-state index contributed by atoms with van der Waals surface area (Å²) >= 11 is 3.56. The van der Waals surface area contributed by atoms with Crippen LogP contribution in [0.5, 0.6) is 5.75 Å². The van der Waals surface area contributed by atoms with E-state index < -0.39 is 0 Å². The van der Waals surface area contributed by atoms with Crippen molar-refractivity contribution in [1.29, 1.82) is 0 Å². The van der Waals surface area contributed by atoms with Crippen LogP contribution in [-0.4, -0.2) is 6.61 Å². The first-order valence-electron chi connectivity index (χ1n) is 5.96. The second-order valence-electron chi connectivity index (χ2n) is 4.80. The summed E-state index contributed by atoms with van der Waals surface area (Å²) < 4.78 is 6.85. The van der Waals surface area contributed by atoms with E-state index in [1.807, 2.05) is 0 Å². The van der Waals surface area contributed by atoms with Crippen molar-refractivity contribution in [3.63, 3.8) is 0 Å². The summed E-state index contributed by atoms with van der Waals surface area (Å²) in [5.41, 5.74) is 8.85. The highest BCUT2D eigenvalue weighted by Gasteiger charge is 2.29. The van der Waals surface area contributed by atoms with E-state index in [9.17, 15) is 0 Å². The van der Waals surface area contributed by atoms with E-state index in [-0.39, 0.29) is 6.04 Å². The molecule has 0 aromatic heterocycles. The van der Waals surface area contributed by atoms with E-state index in [1.165, 1.54) is 30.4 Å². The zero-order valence-corrected chi connectivity index (χ0v) is 10.8. The van der Waals surface area contributed by atoms with Crippen molar-refractivity contribution in [2.75, 3.05) is 6.61 Å². The molecule has 2 nitrogen and oxygen atoms in total. The fourth-order valence-corrected chi connectivity index (χ4v) is 3.12. The Bertz CT molecular complexity index is 415. The highest BCUT2D eigenvalue weighted by molar-refractivity contribution is 9.10. The molecule has 16 heavy (non-hydrogen) atoms. The standard InChI is InChI=1S/C13H16BrNO/c14-10-6-9-4-5-16-13(9)11(7-10)12(15)8-2-1-3-8/h6-8,12H,1-5,15H2. The number of benzene rings is 1. The average molecular weight is 282 g/mol. The predicted octanol–water partition coefficient (Wildman–Crippen LogP) is 3.18. The summed E-state index contributed by atoms with van der Waals surface area (Å²) in [6, 6.07) is 4.44. The highest BCUT2D eigenvalue weighted by Crippen LogP contribution is 2.42. The largest absolute Gasteiger partial charge is 0.493 e. The number of fused-ring (bicyclic) bond motifs is 1. The smallest absolute Gasteiger partial charge is 0.127 e. The minimum Gasteiger partial charge on any atom is -0.493 e. The molecule has 1 aliphatic carbocycles. The summed E-state index contributed by atoms with van der Waals surface area (Å²) in [6.45, 7) is 0.802. The second kappa shape index (κ2) is 4.04. The molecule has 86 valence electrons. The average Bonchev–Trinajstić information content (AvgIpc) is 2.60. The van der Waals surface area contributed by atoms with Crippen LogP contribution in [0.2, 0.25) is 0 Å². The SMILES string of the molecule is NC(c1cc(Br)cc2c1OCC2)C1CCC1. The van der Waals surface area contributed by atoms with Gasteiger partial charge in [0.15, 0.2) is 0 Å². The molecule has 1 aromatic carbocycles. The minimum atomic E-state index is 0.151. The summed E-state index contributed by atoms with van der Waals surface area (Å²) in [7, 11) is 0. The van der Waals surface area contributed by atoms with Gasteiger partial charge in [-0.05, 0) is 36.5 Å². The molecule has 1 atom stereocenters. The van der Waals surface area contributed by atoms with Gasteiger partial charge >= 0.3 is 0 Å². The maximum absolute atomic E-state index is 6.34. The molecular weight excluding hydrogens is 266 g/mol. The van der Waals surface area contributed by atoms with Crippen molar-refractivity contribution < 1.29 is 4.74 Å².